The van der Waals surface area contributed by atoms with Crippen LogP contribution in [0.4, 0.5) is 4.79 Å². The molecule has 0 aliphatic carbocycles. The topological polar surface area (TPSA) is 98.7 Å². The van der Waals surface area contributed by atoms with Crippen molar-refractivity contribution in [2.24, 2.45) is 5.92 Å². The average molecular weight is 259 g/mol. The number of hydrogen-bond donors (Lipinski definition) is 3. The minimum atomic E-state index is -0.892. The Morgan fingerprint density at radius 1 is 1.28 bits per heavy atom. The zero-order valence-electron chi connectivity index (χ0n) is 11.0. The molecule has 3 amide bonds. The molecule has 7 heteroatoms. The summed E-state index contributed by atoms with van der Waals surface area (Å²) in [5.74, 6) is -1.57. The number of carbonyl (C=O) groups is 3. The Morgan fingerprint density at radius 2 is 1.89 bits per heavy atom. The monoisotopic (exact) mass is 259 g/mol. The summed E-state index contributed by atoms with van der Waals surface area (Å²) in [7, 11) is 1.65. The van der Waals surface area contributed by atoms with Crippen molar-refractivity contribution in [1.82, 2.24) is 15.5 Å². The summed E-state index contributed by atoms with van der Waals surface area (Å²) >= 11 is 0. The summed E-state index contributed by atoms with van der Waals surface area (Å²) in [5.41, 5.74) is 0. The summed E-state index contributed by atoms with van der Waals surface area (Å²) in [6.07, 6.45) is 0.353. The van der Waals surface area contributed by atoms with E-state index in [1.165, 1.54) is 4.90 Å². The van der Waals surface area contributed by atoms with Crippen molar-refractivity contribution in [3.05, 3.63) is 0 Å². The molecule has 1 atom stereocenters. The number of rotatable bonds is 7. The number of carbonyl (C=O) groups excluding carboxylic acids is 2. The molecule has 0 bridgehead atoms. The predicted octanol–water partition coefficient (Wildman–Crippen LogP) is -0.125. The lowest BCUT2D eigenvalue weighted by Crippen LogP contribution is -2.43. The molecule has 3 N–H and O–H groups in total. The van der Waals surface area contributed by atoms with Gasteiger partial charge >= 0.3 is 12.0 Å². The predicted molar refractivity (Wildman–Crippen MR) is 66.1 cm³/mol. The molecule has 0 aromatic carbocycles. The molecular weight excluding hydrogens is 238 g/mol. The van der Waals surface area contributed by atoms with Gasteiger partial charge in [-0.3, -0.25) is 9.59 Å². The Balaban J connectivity index is 3.73. The average Bonchev–Trinajstić information content (AvgIpc) is 2.34. The molecule has 104 valence electrons. The van der Waals surface area contributed by atoms with Crippen molar-refractivity contribution in [1.29, 1.82) is 0 Å². The summed E-state index contributed by atoms with van der Waals surface area (Å²) in [4.78, 5) is 34.6. The van der Waals surface area contributed by atoms with E-state index in [0.29, 0.717) is 13.0 Å². The van der Waals surface area contributed by atoms with Gasteiger partial charge in [-0.2, -0.15) is 0 Å². The number of nitrogens with zero attached hydrogens (tertiary/aromatic N) is 1. The molecule has 0 aliphatic heterocycles. The van der Waals surface area contributed by atoms with Gasteiger partial charge in [-0.05, 0) is 13.3 Å². The molecule has 0 heterocycles. The number of carboxylic acids is 1. The fourth-order valence-electron chi connectivity index (χ4n) is 1.06. The number of amides is 3. The van der Waals surface area contributed by atoms with Gasteiger partial charge < -0.3 is 20.6 Å². The quantitative estimate of drug-likeness (QED) is 0.593. The van der Waals surface area contributed by atoms with Crippen LogP contribution in [0, 0.1) is 5.92 Å². The van der Waals surface area contributed by atoms with Crippen LogP contribution in [0.1, 0.15) is 20.3 Å². The lowest BCUT2D eigenvalue weighted by molar-refractivity contribution is -0.141. The third-order valence-electron chi connectivity index (χ3n) is 2.58. The zero-order valence-corrected chi connectivity index (χ0v) is 11.0. The van der Waals surface area contributed by atoms with Crippen molar-refractivity contribution < 1.29 is 19.5 Å². The van der Waals surface area contributed by atoms with Crippen molar-refractivity contribution in [2.45, 2.75) is 20.3 Å². The van der Waals surface area contributed by atoms with Gasteiger partial charge in [-0.15, -0.1) is 0 Å². The number of hydrogen-bond acceptors (Lipinski definition) is 3. The van der Waals surface area contributed by atoms with E-state index in [9.17, 15) is 14.4 Å². The Hall–Kier alpha value is -1.79. The number of nitrogens with one attached hydrogen (secondary N) is 2. The first-order chi connectivity index (χ1) is 8.38. The summed E-state index contributed by atoms with van der Waals surface area (Å²) in [6.45, 7) is 4.19. The molecule has 7 nitrogen and oxygen atoms in total. The third-order valence-corrected chi connectivity index (χ3v) is 2.58. The van der Waals surface area contributed by atoms with Crippen LogP contribution in [0.25, 0.3) is 0 Å². The minimum absolute atomic E-state index is 0.0648. The SMILES string of the molecule is CCN(C)C(=O)CNC(=O)NCCC(C)C(=O)O. The van der Waals surface area contributed by atoms with Crippen LogP contribution in [0.15, 0.2) is 0 Å². The molecule has 0 aromatic rings. The van der Waals surface area contributed by atoms with Crippen LogP contribution in [-0.2, 0) is 9.59 Å². The molecule has 0 spiro atoms. The first kappa shape index (κ1) is 16.2. The number of aliphatic carboxylic acids is 1. The van der Waals surface area contributed by atoms with Crippen molar-refractivity contribution >= 4 is 17.9 Å². The largest absolute Gasteiger partial charge is 0.481 e. The first-order valence-electron chi connectivity index (χ1n) is 5.87. The van der Waals surface area contributed by atoms with Crippen LogP contribution >= 0.6 is 0 Å². The fourth-order valence-corrected chi connectivity index (χ4v) is 1.06. The number of likely N-dealkylation sites (N-methyl/N-ethyl adjacent to an activating group) is 1. The van der Waals surface area contributed by atoms with Crippen LogP contribution in [0.5, 0.6) is 0 Å². The molecule has 0 aromatic heterocycles. The highest BCUT2D eigenvalue weighted by molar-refractivity contribution is 5.83. The molecule has 0 saturated heterocycles. The van der Waals surface area contributed by atoms with Gasteiger partial charge in [0.05, 0.1) is 12.5 Å². The van der Waals surface area contributed by atoms with E-state index in [2.05, 4.69) is 10.6 Å². The highest BCUT2D eigenvalue weighted by Crippen LogP contribution is 1.99. The van der Waals surface area contributed by atoms with E-state index >= 15 is 0 Å². The standard InChI is InChI=1S/C11H21N3O4/c1-4-14(3)9(15)7-13-11(18)12-6-5-8(2)10(16)17/h8H,4-7H2,1-3H3,(H,16,17)(H2,12,13,18). The van der Waals surface area contributed by atoms with Crippen molar-refractivity contribution in [3.8, 4) is 0 Å². The highest BCUT2D eigenvalue weighted by Gasteiger charge is 2.11. The second-order valence-electron chi connectivity index (χ2n) is 4.05. The smallest absolute Gasteiger partial charge is 0.315 e. The zero-order chi connectivity index (χ0) is 14.1. The molecule has 0 fully saturated rings. The van der Waals surface area contributed by atoms with E-state index in [1.54, 1.807) is 14.0 Å². The van der Waals surface area contributed by atoms with Gasteiger partial charge in [0.25, 0.3) is 0 Å². The maximum Gasteiger partial charge on any atom is 0.315 e. The lowest BCUT2D eigenvalue weighted by Gasteiger charge is -2.15. The second-order valence-corrected chi connectivity index (χ2v) is 4.05. The Morgan fingerprint density at radius 3 is 2.39 bits per heavy atom. The van der Waals surface area contributed by atoms with Gasteiger partial charge in [0, 0.05) is 20.1 Å². The fraction of sp³-hybridized carbons (Fsp3) is 0.727. The highest BCUT2D eigenvalue weighted by atomic mass is 16.4. The van der Waals surface area contributed by atoms with Crippen molar-refractivity contribution in [2.75, 3.05) is 26.7 Å². The lowest BCUT2D eigenvalue weighted by atomic mass is 10.1. The van der Waals surface area contributed by atoms with Crippen LogP contribution in [-0.4, -0.2) is 54.6 Å². The Bertz CT molecular complexity index is 307. The molecule has 18 heavy (non-hydrogen) atoms. The van der Waals surface area contributed by atoms with E-state index in [0.717, 1.165) is 0 Å². The van der Waals surface area contributed by atoms with E-state index in [1.807, 2.05) is 6.92 Å². The Kier molecular flexibility index (Phi) is 7.50. The molecule has 0 saturated carbocycles. The number of urea groups is 1. The normalized spacial score (nSPS) is 11.5. The van der Waals surface area contributed by atoms with Gasteiger partial charge in [0.15, 0.2) is 0 Å². The van der Waals surface area contributed by atoms with Gasteiger partial charge in [0.2, 0.25) is 5.91 Å². The van der Waals surface area contributed by atoms with Crippen LogP contribution in [0.3, 0.4) is 0 Å². The molecule has 0 radical (unpaired) electrons. The summed E-state index contributed by atoms with van der Waals surface area (Å²) in [6, 6.07) is -0.467. The van der Waals surface area contributed by atoms with Crippen LogP contribution in [0.2, 0.25) is 0 Å². The van der Waals surface area contributed by atoms with E-state index < -0.39 is 17.9 Å². The summed E-state index contributed by atoms with van der Waals surface area (Å²) < 4.78 is 0. The second kappa shape index (κ2) is 8.32. The van der Waals surface area contributed by atoms with Gasteiger partial charge in [-0.1, -0.05) is 6.92 Å². The molecule has 0 aliphatic rings. The van der Waals surface area contributed by atoms with Crippen molar-refractivity contribution in [3.63, 3.8) is 0 Å². The maximum atomic E-state index is 11.4. The number of carboxylic acid groups (broad SMARTS) is 1. The van der Waals surface area contributed by atoms with Gasteiger partial charge in [-0.25, -0.2) is 4.79 Å². The van der Waals surface area contributed by atoms with E-state index in [4.69, 9.17) is 5.11 Å². The molecule has 1 unspecified atom stereocenters. The molecule has 0 rings (SSSR count). The first-order valence-corrected chi connectivity index (χ1v) is 5.87. The minimum Gasteiger partial charge on any atom is -0.481 e. The molecular formula is C11H21N3O4. The van der Waals surface area contributed by atoms with E-state index in [-0.39, 0.29) is 19.0 Å². The summed E-state index contributed by atoms with van der Waals surface area (Å²) in [5, 5.41) is 13.5. The third kappa shape index (κ3) is 6.72. The van der Waals surface area contributed by atoms with Crippen LogP contribution < -0.4 is 10.6 Å². The Labute approximate surface area is 107 Å². The van der Waals surface area contributed by atoms with Gasteiger partial charge in [0.1, 0.15) is 0 Å². The maximum absolute atomic E-state index is 11.4.